The van der Waals surface area contributed by atoms with Crippen molar-refractivity contribution in [2.75, 3.05) is 6.61 Å². The van der Waals surface area contributed by atoms with Crippen LogP contribution in [0.15, 0.2) is 36.5 Å². The second-order valence-corrected chi connectivity index (χ2v) is 16.2. The van der Waals surface area contributed by atoms with E-state index < -0.39 is 12.1 Å². The first-order valence-electron chi connectivity index (χ1n) is 23.7. The molecule has 0 aliphatic rings. The van der Waals surface area contributed by atoms with Gasteiger partial charge in [-0.2, -0.15) is 0 Å². The molecule has 4 nitrogen and oxygen atoms in total. The van der Waals surface area contributed by atoms with E-state index in [1.54, 1.807) is 0 Å². The monoisotopic (exact) mass is 744 g/mol. The number of nitrogens with one attached hydrogen (secondary N) is 1. The van der Waals surface area contributed by atoms with Crippen LogP contribution in [0.5, 0.6) is 0 Å². The van der Waals surface area contributed by atoms with Gasteiger partial charge in [0.1, 0.15) is 0 Å². The van der Waals surface area contributed by atoms with Crippen molar-refractivity contribution < 1.29 is 15.0 Å². The topological polar surface area (TPSA) is 69.6 Å². The number of amides is 1. The van der Waals surface area contributed by atoms with Crippen LogP contribution in [0.4, 0.5) is 0 Å². The molecule has 0 aromatic rings. The normalized spacial score (nSPS) is 13.2. The van der Waals surface area contributed by atoms with E-state index >= 15 is 0 Å². The van der Waals surface area contributed by atoms with Crippen LogP contribution in [-0.4, -0.2) is 34.9 Å². The minimum absolute atomic E-state index is 0.0319. The fourth-order valence-corrected chi connectivity index (χ4v) is 7.25. The van der Waals surface area contributed by atoms with Crippen molar-refractivity contribution in [3.05, 3.63) is 36.5 Å². The van der Waals surface area contributed by atoms with Gasteiger partial charge in [0.15, 0.2) is 0 Å². The first-order valence-corrected chi connectivity index (χ1v) is 23.7. The molecule has 2 unspecified atom stereocenters. The predicted octanol–water partition coefficient (Wildman–Crippen LogP) is 15.0. The first kappa shape index (κ1) is 51.6. The molecule has 0 saturated heterocycles. The summed E-state index contributed by atoms with van der Waals surface area (Å²) in [6, 6.07) is -0.534. The third kappa shape index (κ3) is 41.6. The van der Waals surface area contributed by atoms with Crippen LogP contribution in [-0.2, 0) is 4.79 Å². The number of carbonyl (C=O) groups is 1. The molecule has 0 saturated carbocycles. The Kier molecular flexibility index (Phi) is 43.8. The Morgan fingerprint density at radius 2 is 0.774 bits per heavy atom. The molecule has 0 heterocycles. The number of carbonyl (C=O) groups excluding carboxylic acids is 1. The highest BCUT2D eigenvalue weighted by molar-refractivity contribution is 5.76. The second kappa shape index (κ2) is 45.0. The Hall–Kier alpha value is -1.39. The number of aliphatic hydroxyl groups is 2. The summed E-state index contributed by atoms with van der Waals surface area (Å²) in [5, 5.41) is 23.1. The maximum Gasteiger partial charge on any atom is 0.220 e. The van der Waals surface area contributed by atoms with Gasteiger partial charge < -0.3 is 15.5 Å². The van der Waals surface area contributed by atoms with Gasteiger partial charge in [-0.15, -0.1) is 0 Å². The van der Waals surface area contributed by atoms with Crippen LogP contribution < -0.4 is 5.32 Å². The molecule has 0 spiro atoms. The van der Waals surface area contributed by atoms with Crippen molar-refractivity contribution in [3.8, 4) is 0 Å². The molecule has 4 heteroatoms. The molecular weight excluding hydrogens is 651 g/mol. The SMILES string of the molecule is CCCCCCC/C=C\C/C=C\C/C=C\CCCCCCCCCCCCCCCCC(=O)NC(CO)C(O)CCCCCCCCCCCCCC. The average Bonchev–Trinajstić information content (AvgIpc) is 3.16. The van der Waals surface area contributed by atoms with Crippen molar-refractivity contribution in [2.24, 2.45) is 0 Å². The molecule has 2 atom stereocenters. The van der Waals surface area contributed by atoms with Gasteiger partial charge in [0.2, 0.25) is 5.91 Å². The molecule has 0 bridgehead atoms. The molecule has 312 valence electrons. The first-order chi connectivity index (χ1) is 26.2. The number of hydrogen-bond acceptors (Lipinski definition) is 3. The molecular formula is C49H93NO3. The van der Waals surface area contributed by atoms with E-state index in [4.69, 9.17) is 0 Å². The summed E-state index contributed by atoms with van der Waals surface area (Å²) in [5.41, 5.74) is 0. The van der Waals surface area contributed by atoms with Crippen molar-refractivity contribution in [3.63, 3.8) is 0 Å². The zero-order chi connectivity index (χ0) is 38.6. The summed E-state index contributed by atoms with van der Waals surface area (Å²) >= 11 is 0. The van der Waals surface area contributed by atoms with Gasteiger partial charge in [-0.05, 0) is 51.4 Å². The van der Waals surface area contributed by atoms with Gasteiger partial charge in [0, 0.05) is 6.42 Å². The summed E-state index contributed by atoms with van der Waals surface area (Å²) in [4.78, 5) is 12.4. The van der Waals surface area contributed by atoms with Crippen molar-refractivity contribution in [1.82, 2.24) is 5.32 Å². The summed E-state index contributed by atoms with van der Waals surface area (Å²) in [5.74, 6) is -0.0319. The lowest BCUT2D eigenvalue weighted by Gasteiger charge is -2.22. The maximum atomic E-state index is 12.4. The minimum Gasteiger partial charge on any atom is -0.394 e. The van der Waals surface area contributed by atoms with Crippen LogP contribution in [0.1, 0.15) is 251 Å². The Morgan fingerprint density at radius 3 is 1.15 bits per heavy atom. The van der Waals surface area contributed by atoms with Gasteiger partial charge in [-0.3, -0.25) is 4.79 Å². The molecule has 0 aliphatic carbocycles. The summed E-state index contributed by atoms with van der Waals surface area (Å²) in [7, 11) is 0. The lowest BCUT2D eigenvalue weighted by Crippen LogP contribution is -2.45. The van der Waals surface area contributed by atoms with E-state index in [1.165, 1.54) is 186 Å². The standard InChI is InChI=1S/C49H93NO3/c1-3-5-7-9-11-13-15-17-18-19-20-21-22-23-24-25-26-27-28-29-30-31-32-33-35-37-39-41-43-45-49(53)50-47(46-51)48(52)44-42-40-38-36-34-16-14-12-10-8-6-4-2/h15,17,19-20,22-23,47-48,51-52H,3-14,16,18,21,24-46H2,1-2H3,(H,50,53)/b17-15-,20-19-,23-22-. The molecule has 0 rings (SSSR count). The van der Waals surface area contributed by atoms with Crippen LogP contribution in [0.3, 0.4) is 0 Å². The zero-order valence-electron chi connectivity index (χ0n) is 35.8. The predicted molar refractivity (Wildman–Crippen MR) is 235 cm³/mol. The number of unbranched alkanes of at least 4 members (excludes halogenated alkanes) is 30. The Balaban J connectivity index is 3.46. The molecule has 53 heavy (non-hydrogen) atoms. The Bertz CT molecular complexity index is 806. The number of hydrogen-bond donors (Lipinski definition) is 3. The lowest BCUT2D eigenvalue weighted by molar-refractivity contribution is -0.123. The van der Waals surface area contributed by atoms with Gasteiger partial charge in [-0.1, -0.05) is 230 Å². The van der Waals surface area contributed by atoms with E-state index in [1.807, 2.05) is 0 Å². The van der Waals surface area contributed by atoms with Crippen LogP contribution in [0.2, 0.25) is 0 Å². The molecule has 0 aromatic heterocycles. The molecule has 0 aromatic carbocycles. The van der Waals surface area contributed by atoms with Crippen LogP contribution in [0, 0.1) is 0 Å². The number of rotatable bonds is 43. The van der Waals surface area contributed by atoms with E-state index in [9.17, 15) is 15.0 Å². The fraction of sp³-hybridized carbons (Fsp3) is 0.857. The zero-order valence-corrected chi connectivity index (χ0v) is 35.8. The molecule has 3 N–H and O–H groups in total. The fourth-order valence-electron chi connectivity index (χ4n) is 7.25. The number of allylic oxidation sites excluding steroid dienone is 6. The highest BCUT2D eigenvalue weighted by atomic mass is 16.3. The third-order valence-electron chi connectivity index (χ3n) is 10.9. The van der Waals surface area contributed by atoms with Gasteiger partial charge in [-0.25, -0.2) is 0 Å². The van der Waals surface area contributed by atoms with E-state index in [-0.39, 0.29) is 12.5 Å². The van der Waals surface area contributed by atoms with Crippen molar-refractivity contribution >= 4 is 5.91 Å². The Morgan fingerprint density at radius 1 is 0.453 bits per heavy atom. The quantitative estimate of drug-likeness (QED) is 0.0430. The van der Waals surface area contributed by atoms with Crippen LogP contribution >= 0.6 is 0 Å². The average molecular weight is 744 g/mol. The van der Waals surface area contributed by atoms with E-state index in [0.717, 1.165) is 38.5 Å². The molecule has 1 amide bonds. The largest absolute Gasteiger partial charge is 0.394 e. The van der Waals surface area contributed by atoms with Gasteiger partial charge >= 0.3 is 0 Å². The third-order valence-corrected chi connectivity index (χ3v) is 10.9. The van der Waals surface area contributed by atoms with Crippen molar-refractivity contribution in [2.45, 2.75) is 264 Å². The molecule has 0 radical (unpaired) electrons. The minimum atomic E-state index is -0.657. The highest BCUT2D eigenvalue weighted by Crippen LogP contribution is 2.16. The lowest BCUT2D eigenvalue weighted by atomic mass is 10.0. The van der Waals surface area contributed by atoms with E-state index in [0.29, 0.717) is 12.8 Å². The smallest absolute Gasteiger partial charge is 0.220 e. The van der Waals surface area contributed by atoms with Gasteiger partial charge in [0.25, 0.3) is 0 Å². The maximum absolute atomic E-state index is 12.4. The van der Waals surface area contributed by atoms with E-state index in [2.05, 4.69) is 55.6 Å². The molecule has 0 aliphatic heterocycles. The second-order valence-electron chi connectivity index (χ2n) is 16.2. The number of aliphatic hydroxyl groups excluding tert-OH is 2. The Labute approximate surface area is 331 Å². The van der Waals surface area contributed by atoms with Crippen molar-refractivity contribution in [1.29, 1.82) is 0 Å². The summed E-state index contributed by atoms with van der Waals surface area (Å²) in [6.45, 7) is 4.35. The van der Waals surface area contributed by atoms with Gasteiger partial charge in [0.05, 0.1) is 18.8 Å². The highest BCUT2D eigenvalue weighted by Gasteiger charge is 2.20. The van der Waals surface area contributed by atoms with Crippen LogP contribution in [0.25, 0.3) is 0 Å². The summed E-state index contributed by atoms with van der Waals surface area (Å²) in [6.07, 6.45) is 59.5. The summed E-state index contributed by atoms with van der Waals surface area (Å²) < 4.78 is 0. The molecule has 0 fully saturated rings.